The summed E-state index contributed by atoms with van der Waals surface area (Å²) in [6, 6.07) is 76.1. The van der Waals surface area contributed by atoms with E-state index in [0.717, 1.165) is 50.8 Å². The zero-order chi connectivity index (χ0) is 89.0. The van der Waals surface area contributed by atoms with E-state index < -0.39 is 50.9 Å². The highest BCUT2D eigenvalue weighted by Gasteiger charge is 2.45. The van der Waals surface area contributed by atoms with Crippen LogP contribution in [0.3, 0.4) is 0 Å². The summed E-state index contributed by atoms with van der Waals surface area (Å²) >= 11 is 0. The SMILES string of the molecule is C=CC(=O)OCCOc1ccc(-c2ccc(C#N)cc2)cc1.CCN(CCOC(=O)C(CCC(=O)OCCOc1ccc(-c2ccc(C#N)cc2)cc1)(CCC(=O)OCCOc1ccc(-c2ccc(C#N)cc2)cc1)C(C)=O)c1ccc(N=Nc2ccc([N+](=O)[O-])cc2)cc1.CCN(CCOC(=O)CC(C)=O)c1ccc(N=Nc2ccc([N+](=O)[O-])cc2)cc1. The summed E-state index contributed by atoms with van der Waals surface area (Å²) in [5.74, 6) is -2.26. The smallest absolute Gasteiger partial charge is 0.330 e. The number of non-ortho nitro benzene ring substituents is 2. The number of azo groups is 2. The maximum absolute atomic E-state index is 14.1. The van der Waals surface area contributed by atoms with Crippen molar-refractivity contribution in [1.29, 1.82) is 15.8 Å². The van der Waals surface area contributed by atoms with E-state index in [-0.39, 0.29) is 109 Å². The molecule has 0 aliphatic heterocycles. The number of ether oxygens (including phenoxy) is 8. The van der Waals surface area contributed by atoms with Gasteiger partial charge in [-0.25, -0.2) is 4.79 Å². The van der Waals surface area contributed by atoms with Crippen LogP contribution in [0.2, 0.25) is 0 Å². The van der Waals surface area contributed by atoms with E-state index in [0.29, 0.717) is 76.3 Å². The molecule has 10 aromatic carbocycles. The van der Waals surface area contributed by atoms with Gasteiger partial charge in [-0.2, -0.15) is 36.2 Å². The number of carbonyl (C=O) groups is 7. The first-order valence-corrected chi connectivity index (χ1v) is 39.2. The van der Waals surface area contributed by atoms with Crippen LogP contribution in [0.15, 0.2) is 276 Å². The standard InChI is InChI=1S/C56H52N6O11.C20H22N4O5.C18H15NO3/c1-3-61(49-20-16-47(17-21-49)59-60-48-18-22-50(23-19-48)62(67)68)32-33-73-55(66)56(40(2)63,30-28-53(64)71-36-34-69-51-24-12-45(13-25-51)43-8-4-41(38-57)5-9-43)31-29-54(65)72-37-35-70-52-26-14-46(15-27-52)44-10-6-42(39-58)7-11-44;1-3-23(12-13-29-20(26)14-15(2)25)18-8-4-16(5-9-18)21-22-17-6-10-19(11-7-17)24(27)28;1-2-18(20)22-12-11-21-17-9-7-16(8-10-17)15-5-3-14(13-19)4-6-15/h4-27H,3,28-37H2,1-2H3;4-11H,3,12-14H2,1-2H3;2-10H,1,11-12H2. The molecule has 0 bridgehead atoms. The molecule has 0 heterocycles. The number of nitriles is 3. The van der Waals surface area contributed by atoms with Gasteiger partial charge in [0, 0.05) is 67.6 Å². The highest BCUT2D eigenvalue weighted by atomic mass is 16.6. The predicted molar refractivity (Wildman–Crippen MR) is 461 cm³/mol. The number of rotatable bonds is 42. The Balaban J connectivity index is 0.000000301. The second-order valence-corrected chi connectivity index (χ2v) is 27.0. The first-order chi connectivity index (χ1) is 60.0. The molecule has 0 unspecified atom stereocenters. The van der Waals surface area contributed by atoms with Gasteiger partial charge in [0.2, 0.25) is 0 Å². The average molecular weight is 1680 g/mol. The average Bonchev–Trinajstić information content (AvgIpc) is 0.810. The van der Waals surface area contributed by atoms with Gasteiger partial charge < -0.3 is 47.7 Å². The molecule has 0 fully saturated rings. The quantitative estimate of drug-likeness (QED) is 0.00501. The number of benzene rings is 10. The van der Waals surface area contributed by atoms with E-state index in [1.54, 1.807) is 84.9 Å². The van der Waals surface area contributed by atoms with Gasteiger partial charge in [0.1, 0.15) is 93.5 Å². The first kappa shape index (κ1) is 93.6. The molecule has 30 nitrogen and oxygen atoms in total. The molecule has 0 aliphatic carbocycles. The second-order valence-electron chi connectivity index (χ2n) is 27.0. The van der Waals surface area contributed by atoms with Gasteiger partial charge in [0.25, 0.3) is 11.4 Å². The van der Waals surface area contributed by atoms with Crippen molar-refractivity contribution >= 4 is 86.9 Å². The van der Waals surface area contributed by atoms with Gasteiger partial charge in [-0.05, 0) is 220 Å². The fourth-order valence-corrected chi connectivity index (χ4v) is 11.9. The van der Waals surface area contributed by atoms with Crippen LogP contribution in [0.4, 0.5) is 45.5 Å². The van der Waals surface area contributed by atoms with Crippen molar-refractivity contribution in [1.82, 2.24) is 0 Å². The Kier molecular flexibility index (Phi) is 37.3. The lowest BCUT2D eigenvalue weighted by atomic mass is 9.75. The molecule has 0 saturated carbocycles. The number of carbonyl (C=O) groups excluding carboxylic acids is 7. The summed E-state index contributed by atoms with van der Waals surface area (Å²) in [6.07, 6.45) is -0.349. The Labute approximate surface area is 716 Å². The van der Waals surface area contributed by atoms with Crippen molar-refractivity contribution in [2.75, 3.05) is 88.8 Å². The van der Waals surface area contributed by atoms with Crippen molar-refractivity contribution in [3.05, 3.63) is 292 Å². The molecule has 0 radical (unpaired) electrons. The highest BCUT2D eigenvalue weighted by molar-refractivity contribution is 6.03. The van der Waals surface area contributed by atoms with Crippen molar-refractivity contribution in [3.8, 4) is 68.8 Å². The molecule has 0 aromatic heterocycles. The number of anilines is 2. The van der Waals surface area contributed by atoms with Gasteiger partial charge >= 0.3 is 29.8 Å². The number of nitro groups is 2. The number of nitro benzene ring substituents is 2. The van der Waals surface area contributed by atoms with Gasteiger partial charge in [-0.3, -0.25) is 49.0 Å². The number of hydrogen-bond acceptors (Lipinski definition) is 28. The lowest BCUT2D eigenvalue weighted by Gasteiger charge is -2.29. The maximum atomic E-state index is 14.1. The molecule has 0 spiro atoms. The number of nitrogens with zero attached hydrogens (tertiary/aromatic N) is 11. The summed E-state index contributed by atoms with van der Waals surface area (Å²) in [4.78, 5) is 112. The van der Waals surface area contributed by atoms with Crippen LogP contribution in [0, 0.1) is 59.6 Å². The normalized spacial score (nSPS) is 10.6. The molecule has 0 aliphatic rings. The third kappa shape index (κ3) is 30.8. The van der Waals surface area contributed by atoms with Crippen LogP contribution in [0.1, 0.15) is 76.5 Å². The third-order valence-corrected chi connectivity index (χ3v) is 18.7. The summed E-state index contributed by atoms with van der Waals surface area (Å²) < 4.78 is 43.5. The minimum atomic E-state index is -1.88. The van der Waals surface area contributed by atoms with Crippen molar-refractivity contribution in [2.24, 2.45) is 25.9 Å². The topological polar surface area (TPSA) is 407 Å². The Bertz CT molecular complexity index is 5300. The Morgan fingerprint density at radius 2 is 0.685 bits per heavy atom. The second kappa shape index (κ2) is 49.5. The van der Waals surface area contributed by atoms with Gasteiger partial charge in [-0.1, -0.05) is 79.4 Å². The predicted octanol–water partition coefficient (Wildman–Crippen LogP) is 18.5. The number of likely N-dealkylation sites (N-methyl/N-ethyl adjacent to an activating group) is 2. The molecule has 30 heteroatoms. The Hall–Kier alpha value is -15.9. The zero-order valence-corrected chi connectivity index (χ0v) is 68.6. The molecule has 0 saturated heterocycles. The molecule has 10 rings (SSSR count). The lowest BCUT2D eigenvalue weighted by molar-refractivity contribution is -0.385. The van der Waals surface area contributed by atoms with E-state index in [1.165, 1.54) is 62.4 Å². The van der Waals surface area contributed by atoms with E-state index in [9.17, 15) is 53.8 Å². The zero-order valence-electron chi connectivity index (χ0n) is 68.6. The van der Waals surface area contributed by atoms with Gasteiger partial charge in [0.15, 0.2) is 0 Å². The van der Waals surface area contributed by atoms with E-state index in [4.69, 9.17) is 53.7 Å². The molecular formula is C94H89N11O19. The lowest BCUT2D eigenvalue weighted by Crippen LogP contribution is -2.42. The van der Waals surface area contributed by atoms with E-state index in [1.807, 2.05) is 133 Å². The van der Waals surface area contributed by atoms with Gasteiger partial charge in [-0.15, -0.1) is 0 Å². The maximum Gasteiger partial charge on any atom is 0.330 e. The molecular weight excluding hydrogens is 1590 g/mol. The summed E-state index contributed by atoms with van der Waals surface area (Å²) in [5, 5.41) is 65.1. The molecule has 124 heavy (non-hydrogen) atoms. The number of hydrogen-bond donors (Lipinski definition) is 0. The number of esters is 5. The van der Waals surface area contributed by atoms with Crippen LogP contribution in [0.25, 0.3) is 33.4 Å². The monoisotopic (exact) mass is 1680 g/mol. The van der Waals surface area contributed by atoms with Crippen molar-refractivity contribution in [3.63, 3.8) is 0 Å². The number of ketones is 2. The largest absolute Gasteiger partial charge is 0.490 e. The first-order valence-electron chi connectivity index (χ1n) is 39.2. The van der Waals surface area contributed by atoms with E-state index >= 15 is 0 Å². The van der Waals surface area contributed by atoms with Crippen LogP contribution < -0.4 is 24.0 Å². The molecule has 0 N–H and O–H groups in total. The minimum absolute atomic E-state index is 0.0000620. The fraction of sp³-hybridized carbons (Fsp3) is 0.234. The van der Waals surface area contributed by atoms with Gasteiger partial charge in [0.05, 0.1) is 80.6 Å². The van der Waals surface area contributed by atoms with Crippen molar-refractivity contribution < 1.29 is 81.3 Å². The Morgan fingerprint density at radius 1 is 0.395 bits per heavy atom. The van der Waals surface area contributed by atoms with Crippen LogP contribution in [-0.2, 0) is 57.2 Å². The fourth-order valence-electron chi connectivity index (χ4n) is 11.9. The van der Waals surface area contributed by atoms with Crippen LogP contribution >= 0.6 is 0 Å². The Morgan fingerprint density at radius 3 is 0.968 bits per heavy atom. The minimum Gasteiger partial charge on any atom is -0.490 e. The van der Waals surface area contributed by atoms with Crippen molar-refractivity contribution in [2.45, 2.75) is 59.8 Å². The van der Waals surface area contributed by atoms with E-state index in [2.05, 4.69) is 45.2 Å². The molecule has 0 atom stereocenters. The summed E-state index contributed by atoms with van der Waals surface area (Å²) in [7, 11) is 0. The molecule has 0 amide bonds. The molecule has 634 valence electrons. The number of Topliss-reactive ketones (excluding diaryl/α,β-unsaturated/α-hetero) is 2. The molecule has 10 aromatic rings. The highest BCUT2D eigenvalue weighted by Crippen LogP contribution is 2.35. The van der Waals surface area contributed by atoms with Crippen LogP contribution in [0.5, 0.6) is 17.2 Å². The van der Waals surface area contributed by atoms with Crippen LogP contribution in [-0.4, -0.2) is 130 Å². The summed E-state index contributed by atoms with van der Waals surface area (Å²) in [6.45, 7) is 12.1. The third-order valence-electron chi connectivity index (χ3n) is 18.7. The summed E-state index contributed by atoms with van der Waals surface area (Å²) in [5.41, 5.74) is 9.46.